The van der Waals surface area contributed by atoms with Crippen molar-refractivity contribution in [3.8, 4) is 5.75 Å². The van der Waals surface area contributed by atoms with Crippen molar-refractivity contribution in [2.24, 2.45) is 0 Å². The van der Waals surface area contributed by atoms with Gasteiger partial charge in [0.15, 0.2) is 6.61 Å². The first-order valence-corrected chi connectivity index (χ1v) is 8.68. The third kappa shape index (κ3) is 6.02. The highest BCUT2D eigenvalue weighted by Gasteiger charge is 2.28. The van der Waals surface area contributed by atoms with Gasteiger partial charge in [-0.1, -0.05) is 41.5 Å². The number of hydrogen-bond acceptors (Lipinski definition) is 5. The van der Waals surface area contributed by atoms with Crippen LogP contribution in [0.1, 0.15) is 63.0 Å². The minimum absolute atomic E-state index is 0.193. The molecule has 26 heavy (non-hydrogen) atoms. The number of carbonyl (C=O) groups is 2. The fraction of sp³-hybridized carbons (Fsp3) is 0.600. The molecule has 0 saturated carbocycles. The van der Waals surface area contributed by atoms with E-state index in [0.717, 1.165) is 0 Å². The van der Waals surface area contributed by atoms with Crippen molar-refractivity contribution in [1.82, 2.24) is 5.32 Å². The summed E-state index contributed by atoms with van der Waals surface area (Å²) in [5.41, 5.74) is 0.959. The van der Waals surface area contributed by atoms with E-state index in [2.05, 4.69) is 5.32 Å². The van der Waals surface area contributed by atoms with Crippen LogP contribution in [-0.4, -0.2) is 43.9 Å². The third-order valence-corrected chi connectivity index (χ3v) is 3.92. The summed E-state index contributed by atoms with van der Waals surface area (Å²) in [4.78, 5) is 24.1. The predicted molar refractivity (Wildman–Crippen MR) is 101 cm³/mol. The number of ether oxygens (including phenoxy) is 2. The minimum Gasteiger partial charge on any atom is -0.507 e. The van der Waals surface area contributed by atoms with Crippen LogP contribution in [0.15, 0.2) is 12.1 Å². The highest BCUT2D eigenvalue weighted by atomic mass is 16.5. The number of esters is 1. The van der Waals surface area contributed by atoms with Crippen LogP contribution in [-0.2, 0) is 25.1 Å². The molecule has 0 heterocycles. The van der Waals surface area contributed by atoms with Gasteiger partial charge in [0.25, 0.3) is 5.91 Å². The monoisotopic (exact) mass is 365 g/mol. The maximum absolute atomic E-state index is 12.4. The van der Waals surface area contributed by atoms with E-state index in [1.165, 1.54) is 7.11 Å². The Morgan fingerprint density at radius 3 is 1.96 bits per heavy atom. The number of aromatic hydroxyl groups is 1. The van der Waals surface area contributed by atoms with Crippen LogP contribution in [0, 0.1) is 0 Å². The molecule has 0 aliphatic carbocycles. The fourth-order valence-electron chi connectivity index (χ4n) is 2.45. The lowest BCUT2D eigenvalue weighted by Crippen LogP contribution is -2.31. The lowest BCUT2D eigenvalue weighted by atomic mass is 9.78. The summed E-state index contributed by atoms with van der Waals surface area (Å²) in [6.45, 7) is 12.2. The molecule has 1 rings (SSSR count). The van der Waals surface area contributed by atoms with E-state index >= 15 is 0 Å². The number of carbonyl (C=O) groups excluding carboxylic acids is 2. The summed E-state index contributed by atoms with van der Waals surface area (Å²) in [6, 6.07) is 3.27. The zero-order valence-corrected chi connectivity index (χ0v) is 16.9. The number of rotatable bonds is 6. The number of amides is 1. The SMILES string of the molecule is COCCNC(=O)COC(=O)c1cc(C(C)(C)C)c(O)c(C(C)(C)C)c1. The molecule has 6 heteroatoms. The second-order valence-electron chi connectivity index (χ2n) is 8.34. The second kappa shape index (κ2) is 8.54. The van der Waals surface area contributed by atoms with Gasteiger partial charge in [-0.05, 0) is 23.0 Å². The van der Waals surface area contributed by atoms with Crippen LogP contribution in [0.2, 0.25) is 0 Å². The smallest absolute Gasteiger partial charge is 0.338 e. The number of phenols is 1. The van der Waals surface area contributed by atoms with Crippen molar-refractivity contribution < 1.29 is 24.2 Å². The zero-order chi connectivity index (χ0) is 20.1. The van der Waals surface area contributed by atoms with Gasteiger partial charge in [0.05, 0.1) is 12.2 Å². The standard InChI is InChI=1S/C20H31NO5/c1-19(2,3)14-10-13(11-15(17(14)23)20(4,5)6)18(24)26-12-16(22)21-8-9-25-7/h10-11,23H,8-9,12H2,1-7H3,(H,21,22). The maximum Gasteiger partial charge on any atom is 0.338 e. The quantitative estimate of drug-likeness (QED) is 0.598. The maximum atomic E-state index is 12.4. The van der Waals surface area contributed by atoms with E-state index in [4.69, 9.17) is 9.47 Å². The van der Waals surface area contributed by atoms with Gasteiger partial charge in [-0.2, -0.15) is 0 Å². The average molecular weight is 365 g/mol. The molecule has 0 spiro atoms. The molecular formula is C20H31NO5. The molecule has 0 saturated heterocycles. The van der Waals surface area contributed by atoms with E-state index in [1.807, 2.05) is 41.5 Å². The third-order valence-electron chi connectivity index (χ3n) is 3.92. The lowest BCUT2D eigenvalue weighted by Gasteiger charge is -2.27. The van der Waals surface area contributed by atoms with Crippen LogP contribution >= 0.6 is 0 Å². The summed E-state index contributed by atoms with van der Waals surface area (Å²) >= 11 is 0. The molecule has 0 fully saturated rings. The summed E-state index contributed by atoms with van der Waals surface area (Å²) in [7, 11) is 1.54. The first-order valence-electron chi connectivity index (χ1n) is 8.68. The van der Waals surface area contributed by atoms with Crippen molar-refractivity contribution in [2.45, 2.75) is 52.4 Å². The van der Waals surface area contributed by atoms with Crippen LogP contribution in [0.5, 0.6) is 5.75 Å². The van der Waals surface area contributed by atoms with Crippen LogP contribution in [0.4, 0.5) is 0 Å². The number of phenolic OH excluding ortho intramolecular Hbond substituents is 1. The topological polar surface area (TPSA) is 84.9 Å². The zero-order valence-electron chi connectivity index (χ0n) is 16.9. The largest absolute Gasteiger partial charge is 0.507 e. The summed E-state index contributed by atoms with van der Waals surface area (Å²) < 4.78 is 9.96. The molecule has 2 N–H and O–H groups in total. The van der Waals surface area contributed by atoms with Crippen molar-refractivity contribution in [3.05, 3.63) is 28.8 Å². The molecule has 0 bridgehead atoms. The van der Waals surface area contributed by atoms with Gasteiger partial charge in [0.1, 0.15) is 5.75 Å². The van der Waals surface area contributed by atoms with Gasteiger partial charge in [-0.15, -0.1) is 0 Å². The van der Waals surface area contributed by atoms with Gasteiger partial charge in [0.2, 0.25) is 0 Å². The highest BCUT2D eigenvalue weighted by molar-refractivity contribution is 5.92. The molecular weight excluding hydrogens is 334 g/mol. The molecule has 0 unspecified atom stereocenters. The summed E-state index contributed by atoms with van der Waals surface area (Å²) in [5, 5.41) is 13.3. The first kappa shape index (κ1) is 22.0. The molecule has 0 aromatic heterocycles. The molecule has 1 amide bonds. The average Bonchev–Trinajstić information content (AvgIpc) is 2.50. The Kier molecular flexibility index (Phi) is 7.21. The number of benzene rings is 1. The molecule has 0 aliphatic heterocycles. The van der Waals surface area contributed by atoms with E-state index in [0.29, 0.717) is 29.8 Å². The Bertz CT molecular complexity index is 618. The van der Waals surface area contributed by atoms with Crippen molar-refractivity contribution in [2.75, 3.05) is 26.9 Å². The molecule has 1 aromatic carbocycles. The van der Waals surface area contributed by atoms with E-state index in [-0.39, 0.29) is 29.1 Å². The second-order valence-corrected chi connectivity index (χ2v) is 8.34. The van der Waals surface area contributed by atoms with E-state index in [9.17, 15) is 14.7 Å². The predicted octanol–water partition coefficient (Wildman–Crippen LogP) is 2.91. The molecule has 0 aliphatic rings. The highest BCUT2D eigenvalue weighted by Crippen LogP contribution is 2.39. The number of nitrogens with one attached hydrogen (secondary N) is 1. The van der Waals surface area contributed by atoms with E-state index < -0.39 is 5.97 Å². The normalized spacial score (nSPS) is 12.0. The van der Waals surface area contributed by atoms with Gasteiger partial charge in [0, 0.05) is 24.8 Å². The Labute approximate surface area is 155 Å². The molecule has 1 aromatic rings. The molecule has 0 radical (unpaired) electrons. The lowest BCUT2D eigenvalue weighted by molar-refractivity contribution is -0.124. The Morgan fingerprint density at radius 2 is 1.54 bits per heavy atom. The van der Waals surface area contributed by atoms with Crippen molar-refractivity contribution in [1.29, 1.82) is 0 Å². The Morgan fingerprint density at radius 1 is 1.04 bits per heavy atom. The molecule has 6 nitrogen and oxygen atoms in total. The Balaban J connectivity index is 3.05. The summed E-state index contributed by atoms with van der Waals surface area (Å²) in [5.74, 6) is -0.789. The van der Waals surface area contributed by atoms with Crippen molar-refractivity contribution in [3.63, 3.8) is 0 Å². The number of hydrogen-bond donors (Lipinski definition) is 2. The van der Waals surface area contributed by atoms with E-state index in [1.54, 1.807) is 12.1 Å². The van der Waals surface area contributed by atoms with Crippen LogP contribution in [0.25, 0.3) is 0 Å². The van der Waals surface area contributed by atoms with Gasteiger partial charge in [-0.3, -0.25) is 4.79 Å². The first-order chi connectivity index (χ1) is 11.9. The minimum atomic E-state index is -0.595. The Hall–Kier alpha value is -2.08. The van der Waals surface area contributed by atoms with Gasteiger partial charge < -0.3 is 19.9 Å². The fourth-order valence-corrected chi connectivity index (χ4v) is 2.45. The van der Waals surface area contributed by atoms with Gasteiger partial charge in [-0.25, -0.2) is 4.79 Å². The number of methoxy groups -OCH3 is 1. The molecule has 146 valence electrons. The molecule has 0 atom stereocenters. The summed E-state index contributed by atoms with van der Waals surface area (Å²) in [6.07, 6.45) is 0. The van der Waals surface area contributed by atoms with Crippen LogP contribution < -0.4 is 5.32 Å². The van der Waals surface area contributed by atoms with Crippen molar-refractivity contribution >= 4 is 11.9 Å². The van der Waals surface area contributed by atoms with Gasteiger partial charge >= 0.3 is 5.97 Å². The van der Waals surface area contributed by atoms with Crippen LogP contribution in [0.3, 0.4) is 0 Å².